The third kappa shape index (κ3) is 7.56. The second-order valence-corrected chi connectivity index (χ2v) is 8.86. The zero-order valence-electron chi connectivity index (χ0n) is 10.4. The largest absolute Gasteiger partial charge is 0.516 e. The number of hydrogen-bond acceptors (Lipinski definition) is 8. The minimum atomic E-state index is -3.02. The molecule has 0 spiro atoms. The second kappa shape index (κ2) is 7.60. The van der Waals surface area contributed by atoms with Crippen molar-refractivity contribution in [1.29, 1.82) is 0 Å². The van der Waals surface area contributed by atoms with Gasteiger partial charge in [-0.2, -0.15) is 0 Å². The van der Waals surface area contributed by atoms with Gasteiger partial charge in [0, 0.05) is 27.7 Å². The lowest BCUT2D eigenvalue weighted by molar-refractivity contribution is -0.141. The van der Waals surface area contributed by atoms with Gasteiger partial charge in [0.25, 0.3) is 23.9 Å². The van der Waals surface area contributed by atoms with Crippen LogP contribution in [0.1, 0.15) is 27.7 Å². The second-order valence-electron chi connectivity index (χ2n) is 3.17. The minimum Gasteiger partial charge on any atom is -0.485 e. The normalized spacial score (nSPS) is 9.89. The summed E-state index contributed by atoms with van der Waals surface area (Å²) < 4.78 is 19.2. The summed E-state index contributed by atoms with van der Waals surface area (Å²) in [5, 5.41) is 0. The average molecular weight is 294 g/mol. The molecule has 0 saturated carbocycles. The van der Waals surface area contributed by atoms with Crippen LogP contribution >= 0.6 is 0 Å². The zero-order chi connectivity index (χ0) is 14.3. The first kappa shape index (κ1) is 16.3. The van der Waals surface area contributed by atoms with Crippen LogP contribution in [0, 0.1) is 0 Å². The Hall–Kier alpha value is -1.69. The van der Waals surface area contributed by atoms with E-state index in [1.807, 2.05) is 0 Å². The molecule has 0 aliphatic heterocycles. The van der Waals surface area contributed by atoms with Crippen LogP contribution in [-0.2, 0) is 36.9 Å². The molecule has 0 saturated heterocycles. The number of hydrogen-bond donors (Lipinski definition) is 0. The van der Waals surface area contributed by atoms with Crippen molar-refractivity contribution in [3.8, 4) is 0 Å². The van der Waals surface area contributed by atoms with Crippen LogP contribution in [0.15, 0.2) is 0 Å². The van der Waals surface area contributed by atoms with E-state index in [4.69, 9.17) is 17.7 Å². The van der Waals surface area contributed by atoms with Crippen molar-refractivity contribution in [1.82, 2.24) is 0 Å². The van der Waals surface area contributed by atoms with Gasteiger partial charge in [0.05, 0.1) is 0 Å². The Morgan fingerprint density at radius 1 is 0.556 bits per heavy atom. The van der Waals surface area contributed by atoms with Crippen molar-refractivity contribution in [2.75, 3.05) is 0 Å². The molecule has 102 valence electrons. The monoisotopic (exact) mass is 294 g/mol. The van der Waals surface area contributed by atoms with E-state index in [2.05, 4.69) is 0 Å². The summed E-state index contributed by atoms with van der Waals surface area (Å²) in [6, 6.07) is 0. The summed E-state index contributed by atoms with van der Waals surface area (Å²) in [5.41, 5.74) is 0. The molecule has 0 aromatic heterocycles. The molecule has 0 fully saturated rings. The van der Waals surface area contributed by atoms with Gasteiger partial charge in [0.15, 0.2) is 0 Å². The third-order valence-corrected chi connectivity index (χ3v) is 7.02. The highest BCUT2D eigenvalue weighted by Crippen LogP contribution is 2.03. The van der Waals surface area contributed by atoms with Crippen molar-refractivity contribution in [3.05, 3.63) is 0 Å². The summed E-state index contributed by atoms with van der Waals surface area (Å²) in [6.45, 7) is 4.43. The number of rotatable bonds is 5. The topological polar surface area (TPSA) is 105 Å². The maximum absolute atomic E-state index is 10.9. The van der Waals surface area contributed by atoms with Gasteiger partial charge in [-0.1, -0.05) is 0 Å². The lowest BCUT2D eigenvalue weighted by Gasteiger charge is -2.20. The first-order valence-electron chi connectivity index (χ1n) is 4.91. The van der Waals surface area contributed by atoms with Gasteiger partial charge in [0.1, 0.15) is 0 Å². The molecular formula is C8H14O8Si2. The molecule has 0 aliphatic carbocycles. The molecule has 10 heteroatoms. The van der Waals surface area contributed by atoms with Gasteiger partial charge in [-0.05, 0) is 0 Å². The highest BCUT2D eigenvalue weighted by molar-refractivity contribution is 7.12. The molecule has 0 rings (SSSR count). The van der Waals surface area contributed by atoms with Gasteiger partial charge in [-0.25, -0.2) is 0 Å². The summed E-state index contributed by atoms with van der Waals surface area (Å²) in [7, 11) is -6.05. The Bertz CT molecular complexity index is 289. The molecular weight excluding hydrogens is 280 g/mol. The summed E-state index contributed by atoms with van der Waals surface area (Å²) in [6.07, 6.45) is 0. The van der Waals surface area contributed by atoms with Crippen LogP contribution in [0.4, 0.5) is 0 Å². The highest BCUT2D eigenvalue weighted by atomic mass is 29.2. The van der Waals surface area contributed by atoms with Crippen LogP contribution in [-0.4, -0.2) is 41.5 Å². The molecule has 0 heterocycles. The van der Waals surface area contributed by atoms with Crippen molar-refractivity contribution < 1.29 is 36.9 Å². The van der Waals surface area contributed by atoms with Crippen LogP contribution < -0.4 is 0 Å². The van der Waals surface area contributed by atoms with E-state index < -0.39 is 41.5 Å². The van der Waals surface area contributed by atoms with E-state index in [1.54, 1.807) is 0 Å². The van der Waals surface area contributed by atoms with Crippen molar-refractivity contribution in [2.45, 2.75) is 27.7 Å². The van der Waals surface area contributed by atoms with E-state index in [-0.39, 0.29) is 0 Å². The maximum atomic E-state index is 10.9. The standard InChI is InChI=1S/C8H14O8Si2/c1-5(9)13-17(14-6(2)10)18(15-7(3)11)16-8(4)12/h17-18H,1-4H3. The quantitative estimate of drug-likeness (QED) is 0.580. The first-order valence-corrected chi connectivity index (χ1v) is 9.46. The fourth-order valence-corrected chi connectivity index (χ4v) is 6.41. The molecule has 0 unspecified atom stereocenters. The van der Waals surface area contributed by atoms with E-state index >= 15 is 0 Å². The van der Waals surface area contributed by atoms with Crippen molar-refractivity contribution >= 4 is 41.5 Å². The van der Waals surface area contributed by atoms with E-state index in [0.717, 1.165) is 27.7 Å². The van der Waals surface area contributed by atoms with Gasteiger partial charge in [-0.15, -0.1) is 0 Å². The molecule has 0 amide bonds. The Morgan fingerprint density at radius 2 is 0.722 bits per heavy atom. The Balaban J connectivity index is 4.90. The van der Waals surface area contributed by atoms with Crippen molar-refractivity contribution in [2.24, 2.45) is 0 Å². The van der Waals surface area contributed by atoms with E-state index in [9.17, 15) is 19.2 Å². The molecule has 0 radical (unpaired) electrons. The van der Waals surface area contributed by atoms with Crippen molar-refractivity contribution in [3.63, 3.8) is 0 Å². The summed E-state index contributed by atoms with van der Waals surface area (Å²) in [4.78, 5) is 43.5. The highest BCUT2D eigenvalue weighted by Gasteiger charge is 2.42. The predicted octanol–water partition coefficient (Wildman–Crippen LogP) is -1.24. The predicted molar refractivity (Wildman–Crippen MR) is 61.4 cm³/mol. The molecule has 8 nitrogen and oxygen atoms in total. The van der Waals surface area contributed by atoms with Gasteiger partial charge >= 0.3 is 17.6 Å². The SMILES string of the molecule is CC(=O)O[SiH](OC(C)=O)[SiH](OC(C)=O)OC(C)=O. The number of carbonyl (C=O) groups excluding carboxylic acids is 4. The summed E-state index contributed by atoms with van der Waals surface area (Å²) in [5.74, 6) is -2.82. The van der Waals surface area contributed by atoms with E-state index in [0.29, 0.717) is 0 Å². The third-order valence-electron chi connectivity index (χ3n) is 1.35. The molecule has 0 atom stereocenters. The fourth-order valence-electron chi connectivity index (χ4n) is 0.925. The fraction of sp³-hybridized carbons (Fsp3) is 0.500. The lowest BCUT2D eigenvalue weighted by Crippen LogP contribution is -2.49. The minimum absolute atomic E-state index is 0.704. The smallest absolute Gasteiger partial charge is 0.485 e. The Morgan fingerprint density at radius 3 is 0.833 bits per heavy atom. The van der Waals surface area contributed by atoms with Gasteiger partial charge in [0.2, 0.25) is 0 Å². The molecule has 0 aromatic rings. The number of carbonyl (C=O) groups is 4. The molecule has 18 heavy (non-hydrogen) atoms. The Labute approximate surface area is 107 Å². The van der Waals surface area contributed by atoms with Gasteiger partial charge < -0.3 is 17.7 Å². The molecule has 0 bridgehead atoms. The van der Waals surface area contributed by atoms with Crippen LogP contribution in [0.3, 0.4) is 0 Å². The molecule has 0 aliphatic rings. The zero-order valence-corrected chi connectivity index (χ0v) is 12.7. The van der Waals surface area contributed by atoms with Crippen LogP contribution in [0.2, 0.25) is 0 Å². The Kier molecular flexibility index (Phi) is 6.89. The lowest BCUT2D eigenvalue weighted by atomic mass is 10.9. The van der Waals surface area contributed by atoms with E-state index in [1.165, 1.54) is 0 Å². The maximum Gasteiger partial charge on any atom is 0.516 e. The average Bonchev–Trinajstić information content (AvgIpc) is 2.12. The molecule has 0 aromatic carbocycles. The van der Waals surface area contributed by atoms with Crippen LogP contribution in [0.25, 0.3) is 0 Å². The van der Waals surface area contributed by atoms with Crippen LogP contribution in [0.5, 0.6) is 0 Å². The molecule has 0 N–H and O–H groups in total. The first-order chi connectivity index (χ1) is 8.22. The summed E-state index contributed by atoms with van der Waals surface area (Å²) >= 11 is 0. The van der Waals surface area contributed by atoms with Gasteiger partial charge in [-0.3, -0.25) is 19.2 Å².